The summed E-state index contributed by atoms with van der Waals surface area (Å²) in [6, 6.07) is 21.2. The van der Waals surface area contributed by atoms with Gasteiger partial charge in [-0.15, -0.1) is 0 Å². The van der Waals surface area contributed by atoms with Crippen molar-refractivity contribution in [3.05, 3.63) is 101 Å². The van der Waals surface area contributed by atoms with Gasteiger partial charge in [-0.3, -0.25) is 0 Å². The van der Waals surface area contributed by atoms with Crippen LogP contribution in [0.2, 0.25) is 0 Å². The number of rotatable bonds is 11. The molecular formula is C29H28F2N4O4. The standard InChI is InChI=1S/C29H28F2N4O4/c1-37-21-11-7-19(8-12-21)17-35(18-20-9-13-22(38-2)14-10-20)27-15-23(29(36)39-3)25(16-32-27)34-26-6-4-5-24(33-26)28(30)31/h4-16,28H,17-18H2,1-3H3,(H,33,34). The summed E-state index contributed by atoms with van der Waals surface area (Å²) in [4.78, 5) is 23.3. The lowest BCUT2D eigenvalue weighted by Crippen LogP contribution is -2.24. The molecule has 0 saturated heterocycles. The molecule has 202 valence electrons. The van der Waals surface area contributed by atoms with Crippen molar-refractivity contribution in [2.75, 3.05) is 31.5 Å². The summed E-state index contributed by atoms with van der Waals surface area (Å²) in [7, 11) is 4.49. The van der Waals surface area contributed by atoms with Crippen molar-refractivity contribution in [2.24, 2.45) is 0 Å². The number of hydrogen-bond acceptors (Lipinski definition) is 8. The summed E-state index contributed by atoms with van der Waals surface area (Å²) in [5, 5.41) is 2.92. The molecule has 0 aliphatic carbocycles. The first-order valence-corrected chi connectivity index (χ1v) is 12.0. The average molecular weight is 535 g/mol. The van der Waals surface area contributed by atoms with Gasteiger partial charge >= 0.3 is 5.97 Å². The fourth-order valence-corrected chi connectivity index (χ4v) is 3.90. The Morgan fingerprint density at radius 3 is 2.00 bits per heavy atom. The minimum Gasteiger partial charge on any atom is -0.497 e. The van der Waals surface area contributed by atoms with Crippen LogP contribution in [0.15, 0.2) is 79.0 Å². The molecule has 4 aromatic rings. The SMILES string of the molecule is COC(=O)c1cc(N(Cc2ccc(OC)cc2)Cc2ccc(OC)cc2)ncc1Nc1cccc(C(F)F)n1. The minimum absolute atomic E-state index is 0.154. The molecule has 0 saturated carbocycles. The van der Waals surface area contributed by atoms with E-state index in [1.807, 2.05) is 53.4 Å². The highest BCUT2D eigenvalue weighted by molar-refractivity contribution is 5.97. The van der Waals surface area contributed by atoms with Gasteiger partial charge in [0.2, 0.25) is 0 Å². The van der Waals surface area contributed by atoms with E-state index < -0.39 is 12.4 Å². The predicted molar refractivity (Wildman–Crippen MR) is 144 cm³/mol. The number of methoxy groups -OCH3 is 3. The molecule has 10 heteroatoms. The van der Waals surface area contributed by atoms with Gasteiger partial charge in [-0.1, -0.05) is 30.3 Å². The van der Waals surface area contributed by atoms with E-state index in [-0.39, 0.29) is 22.8 Å². The summed E-state index contributed by atoms with van der Waals surface area (Å²) >= 11 is 0. The van der Waals surface area contributed by atoms with E-state index >= 15 is 0 Å². The topological polar surface area (TPSA) is 85.8 Å². The van der Waals surface area contributed by atoms with Crippen LogP contribution in [0.4, 0.5) is 26.1 Å². The zero-order valence-electron chi connectivity index (χ0n) is 21.7. The predicted octanol–water partition coefficient (Wildman–Crippen LogP) is 6.17. The van der Waals surface area contributed by atoms with E-state index in [4.69, 9.17) is 14.2 Å². The van der Waals surface area contributed by atoms with Crippen molar-refractivity contribution >= 4 is 23.3 Å². The van der Waals surface area contributed by atoms with Crippen LogP contribution in [-0.4, -0.2) is 37.3 Å². The summed E-state index contributed by atoms with van der Waals surface area (Å²) in [6.45, 7) is 0.961. The van der Waals surface area contributed by atoms with Gasteiger partial charge in [0, 0.05) is 13.1 Å². The molecule has 0 atom stereocenters. The molecule has 0 amide bonds. The maximum atomic E-state index is 13.1. The Hall–Kier alpha value is -4.73. The summed E-state index contributed by atoms with van der Waals surface area (Å²) in [5.74, 6) is 1.54. The van der Waals surface area contributed by atoms with E-state index in [1.54, 1.807) is 20.3 Å². The summed E-state index contributed by atoms with van der Waals surface area (Å²) in [5.41, 5.74) is 2.08. The lowest BCUT2D eigenvalue weighted by molar-refractivity contribution is 0.0601. The Kier molecular flexibility index (Phi) is 8.88. The number of ether oxygens (including phenoxy) is 3. The minimum atomic E-state index is -2.73. The van der Waals surface area contributed by atoms with Gasteiger partial charge in [0.05, 0.1) is 38.8 Å². The van der Waals surface area contributed by atoms with Gasteiger partial charge < -0.3 is 24.4 Å². The maximum Gasteiger partial charge on any atom is 0.340 e. The van der Waals surface area contributed by atoms with E-state index in [2.05, 4.69) is 15.3 Å². The second-order valence-corrected chi connectivity index (χ2v) is 8.51. The van der Waals surface area contributed by atoms with Crippen LogP contribution in [0.5, 0.6) is 11.5 Å². The number of aromatic nitrogens is 2. The first kappa shape index (κ1) is 27.3. The van der Waals surface area contributed by atoms with Crippen LogP contribution in [0, 0.1) is 0 Å². The molecule has 0 aliphatic rings. The van der Waals surface area contributed by atoms with Crippen LogP contribution in [0.3, 0.4) is 0 Å². The lowest BCUT2D eigenvalue weighted by Gasteiger charge is -2.25. The van der Waals surface area contributed by atoms with Gasteiger partial charge in [0.15, 0.2) is 0 Å². The number of hydrogen-bond donors (Lipinski definition) is 1. The van der Waals surface area contributed by atoms with Crippen molar-refractivity contribution in [2.45, 2.75) is 19.5 Å². The molecule has 8 nitrogen and oxygen atoms in total. The molecule has 0 radical (unpaired) electrons. The monoisotopic (exact) mass is 534 g/mol. The molecule has 4 rings (SSSR count). The number of halogens is 2. The van der Waals surface area contributed by atoms with Crippen LogP contribution >= 0.6 is 0 Å². The average Bonchev–Trinajstić information content (AvgIpc) is 2.97. The number of carbonyl (C=O) groups is 1. The van der Waals surface area contributed by atoms with Gasteiger partial charge in [0.25, 0.3) is 6.43 Å². The normalized spacial score (nSPS) is 10.7. The fourth-order valence-electron chi connectivity index (χ4n) is 3.90. The number of carbonyl (C=O) groups excluding carboxylic acids is 1. The molecule has 0 unspecified atom stereocenters. The van der Waals surface area contributed by atoms with E-state index in [1.165, 1.54) is 31.5 Å². The Morgan fingerprint density at radius 2 is 1.49 bits per heavy atom. The molecule has 39 heavy (non-hydrogen) atoms. The highest BCUT2D eigenvalue weighted by atomic mass is 19.3. The fraction of sp³-hybridized carbons (Fsp3) is 0.207. The molecule has 2 aromatic carbocycles. The Labute approximate surface area is 225 Å². The maximum absolute atomic E-state index is 13.1. The van der Waals surface area contributed by atoms with Crippen molar-refractivity contribution in [3.8, 4) is 11.5 Å². The first-order valence-electron chi connectivity index (χ1n) is 12.0. The second kappa shape index (κ2) is 12.7. The number of anilines is 3. The molecule has 0 spiro atoms. The number of nitrogens with zero attached hydrogens (tertiary/aromatic N) is 3. The molecule has 0 aliphatic heterocycles. The lowest BCUT2D eigenvalue weighted by atomic mass is 10.1. The van der Waals surface area contributed by atoms with Crippen LogP contribution in [-0.2, 0) is 17.8 Å². The third-order valence-electron chi connectivity index (χ3n) is 5.94. The Balaban J connectivity index is 1.69. The molecule has 2 heterocycles. The summed E-state index contributed by atoms with van der Waals surface area (Å²) in [6.07, 6.45) is -1.26. The zero-order chi connectivity index (χ0) is 27.8. The number of benzene rings is 2. The Morgan fingerprint density at radius 1 is 0.897 bits per heavy atom. The van der Waals surface area contributed by atoms with Crippen LogP contribution < -0.4 is 19.7 Å². The number of nitrogens with one attached hydrogen (secondary N) is 1. The van der Waals surface area contributed by atoms with Crippen molar-refractivity contribution in [3.63, 3.8) is 0 Å². The quantitative estimate of drug-likeness (QED) is 0.229. The van der Waals surface area contributed by atoms with Crippen LogP contribution in [0.1, 0.15) is 33.6 Å². The van der Waals surface area contributed by atoms with E-state index in [0.717, 1.165) is 22.6 Å². The van der Waals surface area contributed by atoms with E-state index in [0.29, 0.717) is 18.9 Å². The zero-order valence-corrected chi connectivity index (χ0v) is 21.7. The van der Waals surface area contributed by atoms with Crippen molar-refractivity contribution in [1.82, 2.24) is 9.97 Å². The molecular weight excluding hydrogens is 506 g/mol. The van der Waals surface area contributed by atoms with Gasteiger partial charge in [-0.25, -0.2) is 23.5 Å². The van der Waals surface area contributed by atoms with Gasteiger partial charge in [0.1, 0.15) is 28.8 Å². The first-order chi connectivity index (χ1) is 18.9. The van der Waals surface area contributed by atoms with E-state index in [9.17, 15) is 13.6 Å². The van der Waals surface area contributed by atoms with Crippen molar-refractivity contribution in [1.29, 1.82) is 0 Å². The largest absolute Gasteiger partial charge is 0.497 e. The number of pyridine rings is 2. The smallest absolute Gasteiger partial charge is 0.340 e. The third kappa shape index (κ3) is 6.98. The molecule has 0 fully saturated rings. The third-order valence-corrected chi connectivity index (χ3v) is 5.94. The molecule has 2 aromatic heterocycles. The van der Waals surface area contributed by atoms with Crippen molar-refractivity contribution < 1.29 is 27.8 Å². The molecule has 0 bridgehead atoms. The Bertz CT molecular complexity index is 1350. The second-order valence-electron chi connectivity index (χ2n) is 8.51. The molecule has 1 N–H and O–H groups in total. The highest BCUT2D eigenvalue weighted by Crippen LogP contribution is 2.28. The highest BCUT2D eigenvalue weighted by Gasteiger charge is 2.19. The van der Waals surface area contributed by atoms with Gasteiger partial charge in [-0.2, -0.15) is 0 Å². The van der Waals surface area contributed by atoms with Crippen LogP contribution in [0.25, 0.3) is 0 Å². The van der Waals surface area contributed by atoms with Gasteiger partial charge in [-0.05, 0) is 53.6 Å². The summed E-state index contributed by atoms with van der Waals surface area (Å²) < 4.78 is 41.8. The number of alkyl halides is 2. The number of esters is 1.